The number of hydrogen-bond acceptors (Lipinski definition) is 3. The van der Waals surface area contributed by atoms with Crippen molar-refractivity contribution in [2.24, 2.45) is 5.92 Å². The Morgan fingerprint density at radius 1 is 1.17 bits per heavy atom. The van der Waals surface area contributed by atoms with E-state index in [1.807, 2.05) is 50.9 Å². The molecule has 0 fully saturated rings. The van der Waals surface area contributed by atoms with Gasteiger partial charge in [0.1, 0.15) is 11.6 Å². The minimum Gasteiger partial charge on any atom is -0.363 e. The average Bonchev–Trinajstić information content (AvgIpc) is 2.59. The minimum atomic E-state index is -0.866. The number of fused-ring (bicyclic) bond motifs is 1. The number of likely N-dealkylation sites (N-methyl/N-ethyl adjacent to an activating group) is 1. The lowest BCUT2D eigenvalue weighted by molar-refractivity contribution is -0.123. The van der Waals surface area contributed by atoms with Gasteiger partial charge in [-0.25, -0.2) is 0 Å². The van der Waals surface area contributed by atoms with E-state index in [-0.39, 0.29) is 17.9 Å². The van der Waals surface area contributed by atoms with Crippen LogP contribution in [0.15, 0.2) is 42.5 Å². The van der Waals surface area contributed by atoms with Crippen LogP contribution in [0, 0.1) is 17.2 Å². The SMILES string of the molecule is CC(C)[C@@](C)(C#N)NC(=O)[C@H](C)N(C)c1ccc2ccccc2c1. The summed E-state index contributed by atoms with van der Waals surface area (Å²) in [6.07, 6.45) is 0. The maximum absolute atomic E-state index is 12.6. The van der Waals surface area contributed by atoms with Gasteiger partial charge in [-0.3, -0.25) is 4.79 Å². The predicted octanol–water partition coefficient (Wildman–Crippen LogP) is 3.72. The quantitative estimate of drug-likeness (QED) is 0.912. The average molecular weight is 323 g/mol. The van der Waals surface area contributed by atoms with E-state index in [4.69, 9.17) is 0 Å². The van der Waals surface area contributed by atoms with E-state index in [1.165, 1.54) is 5.39 Å². The van der Waals surface area contributed by atoms with Gasteiger partial charge in [-0.1, -0.05) is 44.2 Å². The molecule has 0 aliphatic heterocycles. The molecule has 4 heteroatoms. The smallest absolute Gasteiger partial charge is 0.243 e. The van der Waals surface area contributed by atoms with Crippen LogP contribution in [0.25, 0.3) is 10.8 Å². The Balaban J connectivity index is 2.19. The molecule has 0 aromatic heterocycles. The van der Waals surface area contributed by atoms with Crippen LogP contribution in [0.4, 0.5) is 5.69 Å². The molecule has 2 rings (SSSR count). The maximum Gasteiger partial charge on any atom is 0.243 e. The molecule has 0 bridgehead atoms. The number of carbonyl (C=O) groups excluding carboxylic acids is 1. The summed E-state index contributed by atoms with van der Waals surface area (Å²) in [4.78, 5) is 14.5. The monoisotopic (exact) mass is 323 g/mol. The third kappa shape index (κ3) is 3.51. The van der Waals surface area contributed by atoms with E-state index < -0.39 is 5.54 Å². The largest absolute Gasteiger partial charge is 0.363 e. The normalized spacial score (nSPS) is 14.7. The van der Waals surface area contributed by atoms with E-state index >= 15 is 0 Å². The second-order valence-corrected chi connectivity index (χ2v) is 6.78. The molecule has 0 saturated carbocycles. The Hall–Kier alpha value is -2.54. The van der Waals surface area contributed by atoms with Crippen molar-refractivity contribution in [2.45, 2.75) is 39.3 Å². The van der Waals surface area contributed by atoms with Crippen LogP contribution in [0.2, 0.25) is 0 Å². The number of nitrogens with zero attached hydrogens (tertiary/aromatic N) is 2. The van der Waals surface area contributed by atoms with Crippen molar-refractivity contribution in [1.29, 1.82) is 5.26 Å². The van der Waals surface area contributed by atoms with E-state index in [0.29, 0.717) is 0 Å². The molecule has 1 amide bonds. The molecule has 1 N–H and O–H groups in total. The Morgan fingerprint density at radius 3 is 2.38 bits per heavy atom. The van der Waals surface area contributed by atoms with Gasteiger partial charge in [0.15, 0.2) is 0 Å². The van der Waals surface area contributed by atoms with Gasteiger partial charge in [0.25, 0.3) is 0 Å². The van der Waals surface area contributed by atoms with Crippen molar-refractivity contribution < 1.29 is 4.79 Å². The fraction of sp³-hybridized carbons (Fsp3) is 0.400. The molecule has 0 aliphatic rings. The standard InChI is InChI=1S/C20H25N3O/c1-14(2)20(4,13-21)22-19(24)15(3)23(5)18-11-10-16-8-6-7-9-17(16)12-18/h6-12,14-15H,1-5H3,(H,22,24)/t15-,20+/m0/s1. The molecular weight excluding hydrogens is 298 g/mol. The van der Waals surface area contributed by atoms with E-state index in [9.17, 15) is 10.1 Å². The lowest BCUT2D eigenvalue weighted by Crippen LogP contribution is -2.54. The highest BCUT2D eigenvalue weighted by Gasteiger charge is 2.32. The molecular formula is C20H25N3O. The Bertz CT molecular complexity index is 778. The van der Waals surface area contributed by atoms with Crippen molar-refractivity contribution in [3.05, 3.63) is 42.5 Å². The lowest BCUT2D eigenvalue weighted by atomic mass is 9.89. The van der Waals surface area contributed by atoms with Gasteiger partial charge in [-0.05, 0) is 42.7 Å². The Labute approximate surface area is 144 Å². The molecule has 0 radical (unpaired) electrons. The predicted molar refractivity (Wildman–Crippen MR) is 98.8 cm³/mol. The highest BCUT2D eigenvalue weighted by Crippen LogP contribution is 2.23. The number of carbonyl (C=O) groups is 1. The summed E-state index contributed by atoms with van der Waals surface area (Å²) >= 11 is 0. The molecule has 0 saturated heterocycles. The van der Waals surface area contributed by atoms with Gasteiger partial charge >= 0.3 is 0 Å². The van der Waals surface area contributed by atoms with Gasteiger partial charge in [-0.15, -0.1) is 0 Å². The number of anilines is 1. The van der Waals surface area contributed by atoms with Crippen molar-refractivity contribution in [1.82, 2.24) is 5.32 Å². The first kappa shape index (κ1) is 17.8. The van der Waals surface area contributed by atoms with Gasteiger partial charge in [0.05, 0.1) is 6.07 Å². The number of hydrogen-bond donors (Lipinski definition) is 1. The number of nitriles is 1. The molecule has 0 spiro atoms. The zero-order chi connectivity index (χ0) is 17.9. The summed E-state index contributed by atoms with van der Waals surface area (Å²) in [6, 6.07) is 16.1. The first-order valence-corrected chi connectivity index (χ1v) is 8.23. The molecule has 126 valence electrons. The first-order valence-electron chi connectivity index (χ1n) is 8.23. The second kappa shape index (κ2) is 6.92. The molecule has 2 aromatic carbocycles. The topological polar surface area (TPSA) is 56.1 Å². The Kier molecular flexibility index (Phi) is 5.14. The number of benzene rings is 2. The number of nitrogens with one attached hydrogen (secondary N) is 1. The summed E-state index contributed by atoms with van der Waals surface area (Å²) in [5.74, 6) is -0.118. The van der Waals surface area contributed by atoms with Gasteiger partial charge in [0.2, 0.25) is 5.91 Å². The van der Waals surface area contributed by atoms with Crippen LogP contribution in [-0.2, 0) is 4.79 Å². The lowest BCUT2D eigenvalue weighted by Gasteiger charge is -2.32. The van der Waals surface area contributed by atoms with Crippen LogP contribution in [0.5, 0.6) is 0 Å². The van der Waals surface area contributed by atoms with Crippen LogP contribution in [0.3, 0.4) is 0 Å². The van der Waals surface area contributed by atoms with E-state index in [2.05, 4.69) is 35.7 Å². The van der Waals surface area contributed by atoms with Gasteiger partial charge in [0, 0.05) is 12.7 Å². The highest BCUT2D eigenvalue weighted by atomic mass is 16.2. The van der Waals surface area contributed by atoms with Gasteiger partial charge < -0.3 is 10.2 Å². The molecule has 2 atom stereocenters. The summed E-state index contributed by atoms with van der Waals surface area (Å²) in [7, 11) is 1.90. The maximum atomic E-state index is 12.6. The molecule has 2 aromatic rings. The third-order valence-electron chi connectivity index (χ3n) is 4.87. The zero-order valence-corrected chi connectivity index (χ0v) is 15.0. The van der Waals surface area contributed by atoms with Crippen molar-refractivity contribution in [3.8, 4) is 6.07 Å². The summed E-state index contributed by atoms with van der Waals surface area (Å²) < 4.78 is 0. The van der Waals surface area contributed by atoms with Crippen molar-refractivity contribution in [3.63, 3.8) is 0 Å². The van der Waals surface area contributed by atoms with E-state index in [1.54, 1.807) is 6.92 Å². The first-order chi connectivity index (χ1) is 11.3. The fourth-order valence-corrected chi connectivity index (χ4v) is 2.46. The molecule has 0 aliphatic carbocycles. The Morgan fingerprint density at radius 2 is 1.79 bits per heavy atom. The summed E-state index contributed by atoms with van der Waals surface area (Å²) in [6.45, 7) is 7.48. The fourth-order valence-electron chi connectivity index (χ4n) is 2.46. The highest BCUT2D eigenvalue weighted by molar-refractivity contribution is 5.89. The van der Waals surface area contributed by atoms with Crippen molar-refractivity contribution in [2.75, 3.05) is 11.9 Å². The van der Waals surface area contributed by atoms with Crippen LogP contribution in [-0.4, -0.2) is 24.5 Å². The summed E-state index contributed by atoms with van der Waals surface area (Å²) in [5.41, 5.74) is 0.106. The number of rotatable bonds is 5. The second-order valence-electron chi connectivity index (χ2n) is 6.78. The third-order valence-corrected chi connectivity index (χ3v) is 4.87. The van der Waals surface area contributed by atoms with Crippen molar-refractivity contribution >= 4 is 22.4 Å². The minimum absolute atomic E-state index is 0.0321. The molecule has 24 heavy (non-hydrogen) atoms. The summed E-state index contributed by atoms with van der Waals surface area (Å²) in [5, 5.41) is 14.6. The molecule has 4 nitrogen and oxygen atoms in total. The van der Waals surface area contributed by atoms with Crippen LogP contribution in [0.1, 0.15) is 27.7 Å². The number of amides is 1. The van der Waals surface area contributed by atoms with E-state index in [0.717, 1.165) is 11.1 Å². The molecule has 0 unspecified atom stereocenters. The van der Waals surface area contributed by atoms with Gasteiger partial charge in [-0.2, -0.15) is 5.26 Å². The molecule has 0 heterocycles. The van der Waals surface area contributed by atoms with Crippen LogP contribution >= 0.6 is 0 Å². The zero-order valence-electron chi connectivity index (χ0n) is 15.0. The van der Waals surface area contributed by atoms with Crippen LogP contribution < -0.4 is 10.2 Å².